The molecule has 1 aromatic carbocycles. The number of carbonyl (C=O) groups is 2. The normalized spacial score (nSPS) is 25.3. The maximum atomic E-state index is 12.7. The largest absolute Gasteiger partial charge is 0.391 e. The molecule has 2 atom stereocenters. The second-order valence-electron chi connectivity index (χ2n) is 6.54. The van der Waals surface area contributed by atoms with E-state index < -0.39 is 6.10 Å². The zero-order valence-electron chi connectivity index (χ0n) is 13.4. The van der Waals surface area contributed by atoms with Crippen LogP contribution in [-0.4, -0.2) is 59.0 Å². The molecule has 0 radical (unpaired) electrons. The molecule has 3 rings (SSSR count). The Kier molecular flexibility index (Phi) is 4.96. The predicted molar refractivity (Wildman–Crippen MR) is 86.9 cm³/mol. The SMILES string of the molecule is O=C(c1ccccc1)N1CCCC(C(=O)N2CCCC(O)C2)C1. The third-order valence-electron chi connectivity index (χ3n) is 4.79. The molecular weight excluding hydrogens is 292 g/mol. The minimum atomic E-state index is -0.404. The predicted octanol–water partition coefficient (Wildman–Crippen LogP) is 1.52. The van der Waals surface area contributed by atoms with Crippen molar-refractivity contribution in [2.75, 3.05) is 26.2 Å². The first kappa shape index (κ1) is 16.0. The summed E-state index contributed by atoms with van der Waals surface area (Å²) in [6.45, 7) is 2.35. The summed E-state index contributed by atoms with van der Waals surface area (Å²) >= 11 is 0. The number of amides is 2. The van der Waals surface area contributed by atoms with Crippen LogP contribution in [0.4, 0.5) is 0 Å². The Balaban J connectivity index is 1.64. The van der Waals surface area contributed by atoms with Crippen LogP contribution in [0.1, 0.15) is 36.0 Å². The van der Waals surface area contributed by atoms with Gasteiger partial charge in [-0.25, -0.2) is 0 Å². The molecule has 2 unspecified atom stereocenters. The van der Waals surface area contributed by atoms with Gasteiger partial charge in [0.1, 0.15) is 0 Å². The third-order valence-corrected chi connectivity index (χ3v) is 4.79. The van der Waals surface area contributed by atoms with E-state index in [9.17, 15) is 14.7 Å². The van der Waals surface area contributed by atoms with Gasteiger partial charge in [-0.05, 0) is 37.8 Å². The number of β-amino-alcohol motifs (C(OH)–C–C–N with tert-alkyl or cyclic N) is 1. The lowest BCUT2D eigenvalue weighted by molar-refractivity contribution is -0.140. The first-order valence-electron chi connectivity index (χ1n) is 8.46. The molecule has 0 spiro atoms. The van der Waals surface area contributed by atoms with Gasteiger partial charge in [0.25, 0.3) is 5.91 Å². The van der Waals surface area contributed by atoms with Gasteiger partial charge in [0, 0.05) is 31.7 Å². The highest BCUT2D eigenvalue weighted by Crippen LogP contribution is 2.22. The van der Waals surface area contributed by atoms with Crippen LogP contribution >= 0.6 is 0 Å². The van der Waals surface area contributed by atoms with Gasteiger partial charge >= 0.3 is 0 Å². The zero-order chi connectivity index (χ0) is 16.2. The molecular formula is C18H24N2O3. The van der Waals surface area contributed by atoms with E-state index in [1.54, 1.807) is 9.80 Å². The van der Waals surface area contributed by atoms with Crippen LogP contribution in [0.3, 0.4) is 0 Å². The summed E-state index contributed by atoms with van der Waals surface area (Å²) in [5.74, 6) is -0.0437. The maximum Gasteiger partial charge on any atom is 0.253 e. The molecule has 2 aliphatic heterocycles. The molecule has 1 N–H and O–H groups in total. The zero-order valence-corrected chi connectivity index (χ0v) is 13.4. The van der Waals surface area contributed by atoms with Crippen molar-refractivity contribution in [1.82, 2.24) is 9.80 Å². The number of likely N-dealkylation sites (tertiary alicyclic amines) is 2. The number of carbonyl (C=O) groups excluding carboxylic acids is 2. The molecule has 1 aromatic rings. The second-order valence-corrected chi connectivity index (χ2v) is 6.54. The lowest BCUT2D eigenvalue weighted by Crippen LogP contribution is -2.50. The van der Waals surface area contributed by atoms with Gasteiger partial charge in [-0.3, -0.25) is 9.59 Å². The summed E-state index contributed by atoms with van der Waals surface area (Å²) in [6, 6.07) is 9.23. The minimum absolute atomic E-state index is 0.00165. The van der Waals surface area contributed by atoms with E-state index >= 15 is 0 Å². The van der Waals surface area contributed by atoms with E-state index in [-0.39, 0.29) is 17.7 Å². The molecule has 0 aliphatic carbocycles. The quantitative estimate of drug-likeness (QED) is 0.900. The molecule has 2 fully saturated rings. The number of hydrogen-bond acceptors (Lipinski definition) is 3. The molecule has 124 valence electrons. The van der Waals surface area contributed by atoms with Crippen LogP contribution in [0, 0.1) is 5.92 Å². The first-order valence-corrected chi connectivity index (χ1v) is 8.46. The number of aliphatic hydroxyl groups is 1. The van der Waals surface area contributed by atoms with Crippen molar-refractivity contribution in [3.05, 3.63) is 35.9 Å². The number of piperidine rings is 2. The van der Waals surface area contributed by atoms with Gasteiger partial charge in [-0.2, -0.15) is 0 Å². The van der Waals surface area contributed by atoms with Crippen molar-refractivity contribution in [3.8, 4) is 0 Å². The van der Waals surface area contributed by atoms with Gasteiger partial charge in [0.2, 0.25) is 5.91 Å². The van der Waals surface area contributed by atoms with Crippen molar-refractivity contribution in [1.29, 1.82) is 0 Å². The summed E-state index contributed by atoms with van der Waals surface area (Å²) in [4.78, 5) is 28.8. The molecule has 2 heterocycles. The molecule has 5 heteroatoms. The average molecular weight is 316 g/mol. The molecule has 0 saturated carbocycles. The maximum absolute atomic E-state index is 12.7. The fraction of sp³-hybridized carbons (Fsp3) is 0.556. The number of benzene rings is 1. The summed E-state index contributed by atoms with van der Waals surface area (Å²) in [5.41, 5.74) is 0.675. The van der Waals surface area contributed by atoms with Crippen molar-refractivity contribution in [2.45, 2.75) is 31.8 Å². The van der Waals surface area contributed by atoms with Gasteiger partial charge < -0.3 is 14.9 Å². The molecule has 2 saturated heterocycles. The van der Waals surface area contributed by atoms with Crippen molar-refractivity contribution in [2.24, 2.45) is 5.92 Å². The molecule has 5 nitrogen and oxygen atoms in total. The topological polar surface area (TPSA) is 60.9 Å². The van der Waals surface area contributed by atoms with Crippen molar-refractivity contribution in [3.63, 3.8) is 0 Å². The van der Waals surface area contributed by atoms with E-state index in [0.717, 1.165) is 32.2 Å². The van der Waals surface area contributed by atoms with Crippen LogP contribution in [0.2, 0.25) is 0 Å². The standard InChI is InChI=1S/C18H24N2O3/c21-16-9-5-11-20(13-16)18(23)15-8-4-10-19(12-15)17(22)14-6-2-1-3-7-14/h1-3,6-7,15-16,21H,4-5,8-13H2. The molecule has 2 aliphatic rings. The van der Waals surface area contributed by atoms with Crippen molar-refractivity contribution >= 4 is 11.8 Å². The molecule has 0 bridgehead atoms. The third kappa shape index (κ3) is 3.72. The van der Waals surface area contributed by atoms with Crippen LogP contribution in [-0.2, 0) is 4.79 Å². The van der Waals surface area contributed by atoms with Gasteiger partial charge in [-0.1, -0.05) is 18.2 Å². The summed E-state index contributed by atoms with van der Waals surface area (Å²) in [6.07, 6.45) is 2.90. The Bertz CT molecular complexity index is 561. The number of nitrogens with zero attached hydrogens (tertiary/aromatic N) is 2. The van der Waals surface area contributed by atoms with E-state index in [4.69, 9.17) is 0 Å². The Morgan fingerprint density at radius 3 is 2.39 bits per heavy atom. The minimum Gasteiger partial charge on any atom is -0.391 e. The average Bonchev–Trinajstić information content (AvgIpc) is 2.61. The van der Waals surface area contributed by atoms with Crippen LogP contribution < -0.4 is 0 Å². The van der Waals surface area contributed by atoms with Crippen LogP contribution in [0.25, 0.3) is 0 Å². The van der Waals surface area contributed by atoms with Gasteiger partial charge in [-0.15, -0.1) is 0 Å². The lowest BCUT2D eigenvalue weighted by Gasteiger charge is -2.37. The lowest BCUT2D eigenvalue weighted by atomic mass is 9.94. The smallest absolute Gasteiger partial charge is 0.253 e. The molecule has 0 aromatic heterocycles. The monoisotopic (exact) mass is 316 g/mol. The summed E-state index contributed by atoms with van der Waals surface area (Å²) < 4.78 is 0. The van der Waals surface area contributed by atoms with E-state index in [1.165, 1.54) is 0 Å². The highest BCUT2D eigenvalue weighted by atomic mass is 16.3. The number of hydrogen-bond donors (Lipinski definition) is 1. The van der Waals surface area contributed by atoms with E-state index in [0.29, 0.717) is 25.2 Å². The van der Waals surface area contributed by atoms with E-state index in [1.807, 2.05) is 30.3 Å². The van der Waals surface area contributed by atoms with Gasteiger partial charge in [0.15, 0.2) is 0 Å². The second kappa shape index (κ2) is 7.13. The number of rotatable bonds is 2. The Hall–Kier alpha value is -1.88. The Morgan fingerprint density at radius 2 is 1.65 bits per heavy atom. The van der Waals surface area contributed by atoms with Crippen LogP contribution in [0.15, 0.2) is 30.3 Å². The fourth-order valence-electron chi connectivity index (χ4n) is 3.54. The van der Waals surface area contributed by atoms with E-state index in [2.05, 4.69) is 0 Å². The highest BCUT2D eigenvalue weighted by molar-refractivity contribution is 5.94. The highest BCUT2D eigenvalue weighted by Gasteiger charge is 2.33. The van der Waals surface area contributed by atoms with Crippen molar-refractivity contribution < 1.29 is 14.7 Å². The van der Waals surface area contributed by atoms with Gasteiger partial charge in [0.05, 0.1) is 12.0 Å². The first-order chi connectivity index (χ1) is 11.1. The summed E-state index contributed by atoms with van der Waals surface area (Å²) in [7, 11) is 0. The molecule has 23 heavy (non-hydrogen) atoms. The molecule has 2 amide bonds. The fourth-order valence-corrected chi connectivity index (χ4v) is 3.54. The summed E-state index contributed by atoms with van der Waals surface area (Å²) in [5, 5.41) is 9.76. The van der Waals surface area contributed by atoms with Crippen LogP contribution in [0.5, 0.6) is 0 Å². The number of aliphatic hydroxyl groups excluding tert-OH is 1. The Labute approximate surface area is 136 Å². The Morgan fingerprint density at radius 1 is 0.957 bits per heavy atom.